The van der Waals surface area contributed by atoms with Gasteiger partial charge < -0.3 is 10.1 Å². The standard InChI is InChI=1S/C12H13N3O2S/c1-8-10(12(16)17-2)3-4-11(15-8)13-5-9-6-18-7-14-9/h3-4,6-7H,5H2,1-2H3,(H,13,15). The van der Waals surface area contributed by atoms with E-state index in [1.807, 2.05) is 5.38 Å². The van der Waals surface area contributed by atoms with Crippen molar-refractivity contribution in [1.29, 1.82) is 0 Å². The van der Waals surface area contributed by atoms with Crippen LogP contribution in [0.2, 0.25) is 0 Å². The van der Waals surface area contributed by atoms with E-state index in [4.69, 9.17) is 0 Å². The number of esters is 1. The normalized spacial score (nSPS) is 10.1. The quantitative estimate of drug-likeness (QED) is 0.857. The van der Waals surface area contributed by atoms with Crippen LogP contribution in [-0.4, -0.2) is 23.0 Å². The second kappa shape index (κ2) is 5.59. The molecule has 18 heavy (non-hydrogen) atoms. The van der Waals surface area contributed by atoms with Crippen LogP contribution in [0, 0.1) is 6.92 Å². The highest BCUT2D eigenvalue weighted by atomic mass is 32.1. The van der Waals surface area contributed by atoms with Crippen LogP contribution in [0.15, 0.2) is 23.0 Å². The van der Waals surface area contributed by atoms with Gasteiger partial charge in [0, 0.05) is 5.38 Å². The molecule has 2 aromatic rings. The Morgan fingerprint density at radius 2 is 2.33 bits per heavy atom. The Hall–Kier alpha value is -1.95. The third kappa shape index (κ3) is 2.84. The minimum Gasteiger partial charge on any atom is -0.465 e. The zero-order valence-corrected chi connectivity index (χ0v) is 11.0. The molecule has 2 rings (SSSR count). The number of thiazole rings is 1. The molecule has 0 saturated carbocycles. The summed E-state index contributed by atoms with van der Waals surface area (Å²) in [5.41, 5.74) is 3.88. The van der Waals surface area contributed by atoms with Crippen molar-refractivity contribution in [2.75, 3.05) is 12.4 Å². The molecule has 1 N–H and O–H groups in total. The Morgan fingerprint density at radius 3 is 2.94 bits per heavy atom. The van der Waals surface area contributed by atoms with Crippen molar-refractivity contribution in [2.45, 2.75) is 13.5 Å². The van der Waals surface area contributed by atoms with E-state index in [1.54, 1.807) is 35.9 Å². The van der Waals surface area contributed by atoms with Gasteiger partial charge in [-0.2, -0.15) is 0 Å². The molecule has 2 heterocycles. The largest absolute Gasteiger partial charge is 0.465 e. The summed E-state index contributed by atoms with van der Waals surface area (Å²) in [5.74, 6) is 0.346. The van der Waals surface area contributed by atoms with E-state index >= 15 is 0 Å². The van der Waals surface area contributed by atoms with Gasteiger partial charge in [0.15, 0.2) is 0 Å². The molecule has 0 aromatic carbocycles. The van der Waals surface area contributed by atoms with Crippen molar-refractivity contribution in [3.63, 3.8) is 0 Å². The third-order valence-electron chi connectivity index (χ3n) is 2.43. The zero-order chi connectivity index (χ0) is 13.0. The molecule has 0 aliphatic carbocycles. The Labute approximate surface area is 109 Å². The smallest absolute Gasteiger partial charge is 0.339 e. The van der Waals surface area contributed by atoms with Crippen LogP contribution in [-0.2, 0) is 11.3 Å². The summed E-state index contributed by atoms with van der Waals surface area (Å²) in [6, 6.07) is 3.46. The van der Waals surface area contributed by atoms with Gasteiger partial charge in [-0.25, -0.2) is 14.8 Å². The van der Waals surface area contributed by atoms with Crippen LogP contribution in [0.25, 0.3) is 0 Å². The first kappa shape index (κ1) is 12.5. The van der Waals surface area contributed by atoms with Gasteiger partial charge in [0.1, 0.15) is 5.82 Å². The number of carbonyl (C=O) groups excluding carboxylic acids is 1. The van der Waals surface area contributed by atoms with Crippen molar-refractivity contribution in [3.05, 3.63) is 40.0 Å². The molecular weight excluding hydrogens is 250 g/mol. The lowest BCUT2D eigenvalue weighted by atomic mass is 10.2. The fraction of sp³-hybridized carbons (Fsp3) is 0.250. The van der Waals surface area contributed by atoms with E-state index < -0.39 is 0 Å². The average Bonchev–Trinajstić information content (AvgIpc) is 2.88. The van der Waals surface area contributed by atoms with Gasteiger partial charge in [-0.1, -0.05) is 0 Å². The summed E-state index contributed by atoms with van der Waals surface area (Å²) in [6.45, 7) is 2.40. The maximum atomic E-state index is 11.4. The minimum absolute atomic E-state index is 0.369. The van der Waals surface area contributed by atoms with Crippen molar-refractivity contribution < 1.29 is 9.53 Å². The number of ether oxygens (including phenoxy) is 1. The highest BCUT2D eigenvalue weighted by molar-refractivity contribution is 7.07. The van der Waals surface area contributed by atoms with Gasteiger partial charge in [-0.05, 0) is 19.1 Å². The van der Waals surface area contributed by atoms with Crippen LogP contribution in [0.1, 0.15) is 21.7 Å². The number of pyridine rings is 1. The molecule has 94 valence electrons. The first-order chi connectivity index (χ1) is 8.70. The fourth-order valence-electron chi connectivity index (χ4n) is 1.49. The summed E-state index contributed by atoms with van der Waals surface area (Å²) in [7, 11) is 1.36. The predicted octanol–water partition coefficient (Wildman–Crippen LogP) is 2.25. The Balaban J connectivity index is 2.07. The maximum absolute atomic E-state index is 11.4. The van der Waals surface area contributed by atoms with E-state index in [9.17, 15) is 4.79 Å². The molecule has 5 nitrogen and oxygen atoms in total. The summed E-state index contributed by atoms with van der Waals surface area (Å²) in [4.78, 5) is 19.9. The molecule has 0 saturated heterocycles. The molecule has 0 aliphatic heterocycles. The monoisotopic (exact) mass is 263 g/mol. The molecule has 0 unspecified atom stereocenters. The average molecular weight is 263 g/mol. The van der Waals surface area contributed by atoms with Gasteiger partial charge in [0.25, 0.3) is 0 Å². The lowest BCUT2D eigenvalue weighted by molar-refractivity contribution is 0.0599. The molecule has 0 radical (unpaired) electrons. The van der Waals surface area contributed by atoms with Crippen LogP contribution in [0.4, 0.5) is 5.82 Å². The van der Waals surface area contributed by atoms with Crippen molar-refractivity contribution in [2.24, 2.45) is 0 Å². The first-order valence-electron chi connectivity index (χ1n) is 5.37. The number of aryl methyl sites for hydroxylation is 1. The zero-order valence-electron chi connectivity index (χ0n) is 10.1. The highest BCUT2D eigenvalue weighted by Gasteiger charge is 2.10. The number of hydrogen-bond acceptors (Lipinski definition) is 6. The van der Waals surface area contributed by atoms with Gasteiger partial charge in [0.2, 0.25) is 0 Å². The number of methoxy groups -OCH3 is 1. The molecular formula is C12H13N3O2S. The molecule has 0 amide bonds. The van der Waals surface area contributed by atoms with Crippen LogP contribution < -0.4 is 5.32 Å². The van der Waals surface area contributed by atoms with E-state index in [0.29, 0.717) is 23.6 Å². The lowest BCUT2D eigenvalue weighted by Gasteiger charge is -2.07. The summed E-state index contributed by atoms with van der Waals surface area (Å²) in [6.07, 6.45) is 0. The first-order valence-corrected chi connectivity index (χ1v) is 6.32. The molecule has 0 bridgehead atoms. The molecule has 6 heteroatoms. The van der Waals surface area contributed by atoms with Gasteiger partial charge in [-0.15, -0.1) is 11.3 Å². The third-order valence-corrected chi connectivity index (χ3v) is 3.06. The molecule has 0 spiro atoms. The summed E-state index contributed by atoms with van der Waals surface area (Å²) < 4.78 is 4.67. The van der Waals surface area contributed by atoms with Gasteiger partial charge >= 0.3 is 5.97 Å². The maximum Gasteiger partial charge on any atom is 0.339 e. The number of nitrogens with zero attached hydrogens (tertiary/aromatic N) is 2. The number of hydrogen-bond donors (Lipinski definition) is 1. The van der Waals surface area contributed by atoms with E-state index in [-0.39, 0.29) is 5.97 Å². The number of aromatic nitrogens is 2. The summed E-state index contributed by atoms with van der Waals surface area (Å²) in [5, 5.41) is 5.13. The predicted molar refractivity (Wildman–Crippen MR) is 69.8 cm³/mol. The molecule has 0 atom stereocenters. The van der Waals surface area contributed by atoms with Crippen molar-refractivity contribution in [3.8, 4) is 0 Å². The van der Waals surface area contributed by atoms with Crippen LogP contribution in [0.3, 0.4) is 0 Å². The number of anilines is 1. The fourth-order valence-corrected chi connectivity index (χ4v) is 2.05. The van der Waals surface area contributed by atoms with Crippen molar-refractivity contribution >= 4 is 23.1 Å². The van der Waals surface area contributed by atoms with Gasteiger partial charge in [0.05, 0.1) is 36.1 Å². The van der Waals surface area contributed by atoms with Crippen LogP contribution >= 0.6 is 11.3 Å². The lowest BCUT2D eigenvalue weighted by Crippen LogP contribution is -2.08. The Kier molecular flexibility index (Phi) is 3.88. The molecule has 0 fully saturated rings. The number of rotatable bonds is 4. The second-order valence-electron chi connectivity index (χ2n) is 3.65. The van der Waals surface area contributed by atoms with Gasteiger partial charge in [-0.3, -0.25) is 0 Å². The Morgan fingerprint density at radius 1 is 1.50 bits per heavy atom. The number of carbonyl (C=O) groups is 1. The van der Waals surface area contributed by atoms with E-state index in [0.717, 1.165) is 5.69 Å². The summed E-state index contributed by atoms with van der Waals surface area (Å²) >= 11 is 1.55. The van der Waals surface area contributed by atoms with E-state index in [1.165, 1.54) is 7.11 Å². The SMILES string of the molecule is COC(=O)c1ccc(NCc2cscn2)nc1C. The number of nitrogens with one attached hydrogen (secondary N) is 1. The van der Waals surface area contributed by atoms with Crippen molar-refractivity contribution in [1.82, 2.24) is 9.97 Å². The molecule has 0 aliphatic rings. The topological polar surface area (TPSA) is 64.1 Å². The highest BCUT2D eigenvalue weighted by Crippen LogP contribution is 2.12. The minimum atomic E-state index is -0.369. The molecule has 2 aromatic heterocycles. The Bertz CT molecular complexity index is 540. The van der Waals surface area contributed by atoms with E-state index in [2.05, 4.69) is 20.0 Å². The second-order valence-corrected chi connectivity index (χ2v) is 4.37. The van der Waals surface area contributed by atoms with Crippen LogP contribution in [0.5, 0.6) is 0 Å².